The van der Waals surface area contributed by atoms with Crippen LogP contribution in [-0.4, -0.2) is 23.4 Å². The molecule has 2 heterocycles. The summed E-state index contributed by atoms with van der Waals surface area (Å²) in [6, 6.07) is 15.1. The van der Waals surface area contributed by atoms with Crippen LogP contribution >= 0.6 is 39.0 Å². The summed E-state index contributed by atoms with van der Waals surface area (Å²) in [5.74, 6) is -0.450. The van der Waals surface area contributed by atoms with E-state index in [0.29, 0.717) is 20.6 Å². The predicted molar refractivity (Wildman–Crippen MR) is 133 cm³/mol. The van der Waals surface area contributed by atoms with E-state index in [2.05, 4.69) is 20.9 Å². The fourth-order valence-electron chi connectivity index (χ4n) is 3.64. The highest BCUT2D eigenvalue weighted by atomic mass is 79.9. The Kier molecular flexibility index (Phi) is 6.83. The zero-order chi connectivity index (χ0) is 22.8. The Morgan fingerprint density at radius 2 is 2.03 bits per heavy atom. The van der Waals surface area contributed by atoms with Gasteiger partial charge in [0.05, 0.1) is 28.5 Å². The van der Waals surface area contributed by atoms with Crippen LogP contribution in [0.3, 0.4) is 0 Å². The zero-order valence-corrected chi connectivity index (χ0v) is 21.0. The van der Waals surface area contributed by atoms with Crippen molar-refractivity contribution < 1.29 is 9.53 Å². The average Bonchev–Trinajstić information content (AvgIpc) is 3.07. The number of carbonyl (C=O) groups excluding carboxylic acids is 1. The van der Waals surface area contributed by atoms with Crippen molar-refractivity contribution in [2.45, 2.75) is 24.8 Å². The number of ether oxygens (including phenoxy) is 1. The van der Waals surface area contributed by atoms with Crippen LogP contribution < -0.4 is 14.9 Å². The average molecular weight is 529 g/mol. The molecule has 0 saturated carbocycles. The summed E-state index contributed by atoms with van der Waals surface area (Å²) < 4.78 is 8.44. The van der Waals surface area contributed by atoms with Crippen molar-refractivity contribution in [3.05, 3.63) is 95.1 Å². The lowest BCUT2D eigenvalue weighted by Gasteiger charge is -2.24. The van der Waals surface area contributed by atoms with Gasteiger partial charge in [-0.2, -0.15) is 0 Å². The number of allylic oxidation sites excluding steroid dienone is 1. The van der Waals surface area contributed by atoms with Gasteiger partial charge in [-0.25, -0.2) is 9.79 Å². The fraction of sp³-hybridized carbons (Fsp3) is 0.208. The van der Waals surface area contributed by atoms with Crippen molar-refractivity contribution in [3.63, 3.8) is 0 Å². The van der Waals surface area contributed by atoms with Gasteiger partial charge < -0.3 is 4.74 Å². The topological polar surface area (TPSA) is 60.7 Å². The number of thioether (sulfide) groups is 1. The largest absolute Gasteiger partial charge is 0.463 e. The number of hydrogen-bond donors (Lipinski definition) is 0. The summed E-state index contributed by atoms with van der Waals surface area (Å²) in [6.45, 7) is 3.81. The smallest absolute Gasteiger partial charge is 0.338 e. The number of nitrogens with zero attached hydrogens (tertiary/aromatic N) is 2. The van der Waals surface area contributed by atoms with E-state index in [4.69, 9.17) is 4.74 Å². The van der Waals surface area contributed by atoms with Gasteiger partial charge in [-0.05, 0) is 61.6 Å². The normalized spacial score (nSPS) is 16.0. The number of hydrogen-bond acceptors (Lipinski definition) is 6. The summed E-state index contributed by atoms with van der Waals surface area (Å²) in [6.07, 6.45) is 3.86. The second-order valence-corrected chi connectivity index (χ2v) is 9.93. The highest BCUT2D eigenvalue weighted by Gasteiger charge is 2.33. The van der Waals surface area contributed by atoms with Crippen LogP contribution in [0.15, 0.2) is 79.0 Å². The summed E-state index contributed by atoms with van der Waals surface area (Å²) in [4.78, 5) is 32.7. The lowest BCUT2D eigenvalue weighted by atomic mass is 9.96. The first kappa shape index (κ1) is 22.8. The zero-order valence-electron chi connectivity index (χ0n) is 17.8. The van der Waals surface area contributed by atoms with Gasteiger partial charge in [0.1, 0.15) is 0 Å². The molecule has 1 aromatic heterocycles. The van der Waals surface area contributed by atoms with Crippen molar-refractivity contribution in [2.75, 3.05) is 12.9 Å². The molecule has 0 fully saturated rings. The minimum absolute atomic E-state index is 0.179. The molecule has 0 bridgehead atoms. The number of rotatable bonds is 5. The molecule has 0 amide bonds. The number of carbonyl (C=O) groups is 1. The van der Waals surface area contributed by atoms with Crippen LogP contribution in [0, 0.1) is 0 Å². The first-order valence-electron chi connectivity index (χ1n) is 10.0. The van der Waals surface area contributed by atoms with Gasteiger partial charge in [0.25, 0.3) is 5.56 Å². The van der Waals surface area contributed by atoms with Gasteiger partial charge in [0, 0.05) is 9.37 Å². The highest BCUT2D eigenvalue weighted by molar-refractivity contribution is 9.10. The molecule has 1 aliphatic heterocycles. The van der Waals surface area contributed by atoms with Crippen LogP contribution in [0.4, 0.5) is 0 Å². The van der Waals surface area contributed by atoms with Crippen molar-refractivity contribution in [2.24, 2.45) is 4.99 Å². The van der Waals surface area contributed by atoms with Gasteiger partial charge in [-0.1, -0.05) is 51.5 Å². The van der Waals surface area contributed by atoms with Crippen LogP contribution in [0.2, 0.25) is 0 Å². The van der Waals surface area contributed by atoms with E-state index in [1.165, 1.54) is 11.3 Å². The Morgan fingerprint density at radius 1 is 1.28 bits per heavy atom. The summed E-state index contributed by atoms with van der Waals surface area (Å²) in [5.41, 5.74) is 2.53. The Morgan fingerprint density at radius 3 is 2.69 bits per heavy atom. The van der Waals surface area contributed by atoms with Crippen molar-refractivity contribution >= 4 is 51.1 Å². The third kappa shape index (κ3) is 4.40. The fourth-order valence-corrected chi connectivity index (χ4v) is 5.51. The van der Waals surface area contributed by atoms with Gasteiger partial charge in [-0.15, -0.1) is 11.8 Å². The standard InChI is InChI=1S/C24H21BrN2O3S2/c1-4-30-23(29)20-14(2)26-24-27(21(20)16-8-10-18(31-3)11-9-16)22(28)19(32-24)13-15-6-5-7-17(25)12-15/h5-13,21H,4H2,1-3H3/b19-13-. The maximum absolute atomic E-state index is 13.5. The molecular weight excluding hydrogens is 508 g/mol. The molecule has 0 radical (unpaired) electrons. The maximum Gasteiger partial charge on any atom is 0.338 e. The van der Waals surface area contributed by atoms with Crippen LogP contribution in [0.1, 0.15) is 31.0 Å². The van der Waals surface area contributed by atoms with Crippen LogP contribution in [0.25, 0.3) is 6.08 Å². The molecular formula is C24H21BrN2O3S2. The number of aromatic nitrogens is 1. The third-order valence-electron chi connectivity index (χ3n) is 5.10. The number of fused-ring (bicyclic) bond motifs is 1. The predicted octanol–water partition coefficient (Wildman–Crippen LogP) is 4.28. The van der Waals surface area contributed by atoms with E-state index < -0.39 is 12.0 Å². The molecule has 0 saturated heterocycles. The third-order valence-corrected chi connectivity index (χ3v) is 7.31. The first-order valence-corrected chi connectivity index (χ1v) is 12.9. The van der Waals surface area contributed by atoms with E-state index in [1.807, 2.05) is 60.9 Å². The molecule has 4 rings (SSSR count). The van der Waals surface area contributed by atoms with E-state index >= 15 is 0 Å². The van der Waals surface area contributed by atoms with Crippen molar-refractivity contribution in [1.29, 1.82) is 0 Å². The number of thiazole rings is 1. The van der Waals surface area contributed by atoms with Gasteiger partial charge >= 0.3 is 5.97 Å². The van der Waals surface area contributed by atoms with Gasteiger partial charge in [0.15, 0.2) is 4.80 Å². The summed E-state index contributed by atoms with van der Waals surface area (Å²) in [5, 5.41) is 0. The molecule has 5 nitrogen and oxygen atoms in total. The summed E-state index contributed by atoms with van der Waals surface area (Å²) >= 11 is 6.43. The Balaban J connectivity index is 1.94. The molecule has 0 aliphatic carbocycles. The minimum Gasteiger partial charge on any atom is -0.463 e. The van der Waals surface area contributed by atoms with Crippen molar-refractivity contribution in [1.82, 2.24) is 4.57 Å². The molecule has 1 aliphatic rings. The molecule has 0 spiro atoms. The second-order valence-electron chi connectivity index (χ2n) is 7.13. The Bertz CT molecular complexity index is 1390. The van der Waals surface area contributed by atoms with E-state index in [9.17, 15) is 9.59 Å². The quantitative estimate of drug-likeness (QED) is 0.366. The molecule has 32 heavy (non-hydrogen) atoms. The molecule has 0 N–H and O–H groups in total. The summed E-state index contributed by atoms with van der Waals surface area (Å²) in [7, 11) is 0. The van der Waals surface area contributed by atoms with Crippen LogP contribution in [-0.2, 0) is 9.53 Å². The molecule has 3 aromatic rings. The lowest BCUT2D eigenvalue weighted by Crippen LogP contribution is -2.39. The second kappa shape index (κ2) is 9.60. The Hall–Kier alpha value is -2.42. The van der Waals surface area contributed by atoms with Crippen LogP contribution in [0.5, 0.6) is 0 Å². The number of halogens is 1. The molecule has 2 aromatic carbocycles. The minimum atomic E-state index is -0.592. The Labute approximate surface area is 202 Å². The first-order chi connectivity index (χ1) is 15.4. The highest BCUT2D eigenvalue weighted by Crippen LogP contribution is 2.31. The van der Waals surface area contributed by atoms with E-state index in [-0.39, 0.29) is 12.2 Å². The van der Waals surface area contributed by atoms with Gasteiger partial charge in [-0.3, -0.25) is 9.36 Å². The maximum atomic E-state index is 13.5. The lowest BCUT2D eigenvalue weighted by molar-refractivity contribution is -0.139. The number of benzene rings is 2. The van der Waals surface area contributed by atoms with Crippen molar-refractivity contribution in [3.8, 4) is 0 Å². The SMILES string of the molecule is CCOC(=O)C1=C(C)N=c2s/c(=C\c3cccc(Br)c3)c(=O)n2C1c1ccc(SC)cc1. The molecule has 1 atom stereocenters. The van der Waals surface area contributed by atoms with E-state index in [0.717, 1.165) is 20.5 Å². The molecule has 164 valence electrons. The monoisotopic (exact) mass is 528 g/mol. The molecule has 8 heteroatoms. The molecule has 1 unspecified atom stereocenters. The van der Waals surface area contributed by atoms with E-state index in [1.54, 1.807) is 30.2 Å². The van der Waals surface area contributed by atoms with Gasteiger partial charge in [0.2, 0.25) is 0 Å². The number of esters is 1.